The van der Waals surface area contributed by atoms with Crippen LogP contribution in [0.25, 0.3) is 0 Å². The van der Waals surface area contributed by atoms with Gasteiger partial charge in [-0.05, 0) is 13.5 Å². The van der Waals surface area contributed by atoms with Gasteiger partial charge in [0, 0.05) is 19.7 Å². The molecule has 0 aromatic heterocycles. The summed E-state index contributed by atoms with van der Waals surface area (Å²) in [7, 11) is 5.27. The molecule has 0 aliphatic carbocycles. The zero-order valence-electron chi connectivity index (χ0n) is 10.2. The van der Waals surface area contributed by atoms with E-state index in [1.165, 1.54) is 7.11 Å². The maximum atomic E-state index is 11.7. The van der Waals surface area contributed by atoms with E-state index in [-0.39, 0.29) is 12.3 Å². The highest BCUT2D eigenvalue weighted by atomic mass is 31.2. The number of methoxy groups -OCH3 is 1. The van der Waals surface area contributed by atoms with Crippen LogP contribution in [0.1, 0.15) is 6.42 Å². The summed E-state index contributed by atoms with van der Waals surface area (Å²) < 4.78 is 27.3. The highest BCUT2D eigenvalue weighted by molar-refractivity contribution is 7.52. The average molecular weight is 263 g/mol. The Bertz CT molecular complexity index is 280. The second-order valence-corrected chi connectivity index (χ2v) is 5.95. The molecule has 0 aromatic rings. The number of ether oxygens (including phenoxy) is 2. The fourth-order valence-corrected chi connectivity index (χ4v) is 2.94. The Kier molecular flexibility index (Phi) is 6.13. The highest BCUT2D eigenvalue weighted by Gasteiger charge is 2.37. The molecule has 1 saturated heterocycles. The predicted molar refractivity (Wildman–Crippen MR) is 64.4 cm³/mol. The highest BCUT2D eigenvalue weighted by Crippen LogP contribution is 2.45. The van der Waals surface area contributed by atoms with Gasteiger partial charge < -0.3 is 24.2 Å². The lowest BCUT2D eigenvalue weighted by Gasteiger charge is -2.21. The van der Waals surface area contributed by atoms with Crippen molar-refractivity contribution in [1.29, 1.82) is 0 Å². The molecule has 0 spiro atoms. The van der Waals surface area contributed by atoms with Gasteiger partial charge >= 0.3 is 7.60 Å². The van der Waals surface area contributed by atoms with Gasteiger partial charge in [0.25, 0.3) is 0 Å². The molecule has 0 aromatic carbocycles. The van der Waals surface area contributed by atoms with Crippen molar-refractivity contribution in [3.8, 4) is 0 Å². The first kappa shape index (κ1) is 15.2. The Hall–Kier alpha value is 0.0949. The van der Waals surface area contributed by atoms with Crippen molar-refractivity contribution in [2.75, 3.05) is 33.5 Å². The number of nitrogens with one attached hydrogen (secondary N) is 1. The van der Waals surface area contributed by atoms with Crippen molar-refractivity contribution in [3.05, 3.63) is 0 Å². The van der Waals surface area contributed by atoms with E-state index in [4.69, 9.17) is 21.8 Å². The summed E-state index contributed by atoms with van der Waals surface area (Å²) in [6.45, 7) is 0.715. The lowest BCUT2D eigenvalue weighted by molar-refractivity contribution is -0.0127. The molecule has 98 valence electrons. The predicted octanol–water partition coefficient (Wildman–Crippen LogP) is -0.294. The smallest absolute Gasteiger partial charge is 0.329 e. The molecule has 1 heterocycles. The van der Waals surface area contributed by atoms with Gasteiger partial charge in [-0.3, -0.25) is 4.57 Å². The van der Waals surface area contributed by atoms with E-state index in [0.29, 0.717) is 19.6 Å². The molecule has 4 atom stereocenters. The van der Waals surface area contributed by atoms with Gasteiger partial charge in [0.05, 0.1) is 18.9 Å². The van der Waals surface area contributed by atoms with Crippen molar-refractivity contribution < 1.29 is 23.5 Å². The molecule has 0 bridgehead atoms. The van der Waals surface area contributed by atoms with Crippen molar-refractivity contribution >= 4 is 15.4 Å². The van der Waals surface area contributed by atoms with Crippen molar-refractivity contribution in [2.24, 2.45) is 0 Å². The molecule has 1 aliphatic heterocycles. The second kappa shape index (κ2) is 6.88. The van der Waals surface area contributed by atoms with Crippen molar-refractivity contribution in [3.63, 3.8) is 0 Å². The molecular weight excluding hydrogens is 244 g/mol. The zero-order valence-corrected chi connectivity index (χ0v) is 11.1. The maximum Gasteiger partial charge on any atom is 0.329 e. The summed E-state index contributed by atoms with van der Waals surface area (Å²) in [5, 5.41) is 2.80. The lowest BCUT2D eigenvalue weighted by atomic mass is 9.96. The average Bonchev–Trinajstić information content (AvgIpc) is 2.56. The van der Waals surface area contributed by atoms with Crippen LogP contribution in [0.3, 0.4) is 0 Å². The maximum absolute atomic E-state index is 11.7. The quantitative estimate of drug-likeness (QED) is 0.485. The minimum absolute atomic E-state index is 0.0644. The molecule has 1 rings (SSSR count). The molecule has 17 heavy (non-hydrogen) atoms. The van der Waals surface area contributed by atoms with Gasteiger partial charge in [-0.2, -0.15) is 0 Å². The first-order chi connectivity index (χ1) is 7.98. The molecule has 2 N–H and O–H groups in total. The van der Waals surface area contributed by atoms with Crippen LogP contribution in [0, 0.1) is 0 Å². The van der Waals surface area contributed by atoms with Crippen LogP contribution in [0.2, 0.25) is 0 Å². The molecule has 4 unspecified atom stereocenters. The second-order valence-electron chi connectivity index (χ2n) is 4.01. The van der Waals surface area contributed by atoms with Gasteiger partial charge in [-0.15, -0.1) is 0 Å². The Labute approximate surface area is 103 Å². The largest absolute Gasteiger partial charge is 0.382 e. The van der Waals surface area contributed by atoms with Crippen LogP contribution < -0.4 is 5.32 Å². The Morgan fingerprint density at radius 2 is 2.35 bits per heavy atom. The number of hydrogen-bond acceptors (Lipinski definition) is 5. The Morgan fingerprint density at radius 1 is 1.65 bits per heavy atom. The summed E-state index contributed by atoms with van der Waals surface area (Å²) in [4.78, 5) is 9.63. The normalized spacial score (nSPS) is 32.5. The summed E-state index contributed by atoms with van der Waals surface area (Å²) >= 11 is 0. The van der Waals surface area contributed by atoms with Crippen molar-refractivity contribution in [1.82, 2.24) is 5.32 Å². The summed E-state index contributed by atoms with van der Waals surface area (Å²) in [6, 6.07) is -0.468. The fourth-order valence-electron chi connectivity index (χ4n) is 1.69. The van der Waals surface area contributed by atoms with E-state index in [1.54, 1.807) is 7.05 Å². The first-order valence-electron chi connectivity index (χ1n) is 5.53. The third-order valence-electron chi connectivity index (χ3n) is 2.50. The zero-order chi connectivity index (χ0) is 12.9. The SMILES string of the molecule is [B]C1CC(OP(=O)(O)CCNC)C(COC)O1. The van der Waals surface area contributed by atoms with E-state index in [9.17, 15) is 9.46 Å². The minimum Gasteiger partial charge on any atom is -0.382 e. The Morgan fingerprint density at radius 3 is 2.94 bits per heavy atom. The van der Waals surface area contributed by atoms with Gasteiger partial charge in [-0.1, -0.05) is 0 Å². The summed E-state index contributed by atoms with van der Waals surface area (Å²) in [6.07, 6.45) is -0.407. The number of rotatable bonds is 7. The Balaban J connectivity index is 2.50. The van der Waals surface area contributed by atoms with Crippen LogP contribution in [-0.4, -0.2) is 64.4 Å². The molecule has 0 saturated carbocycles. The van der Waals surface area contributed by atoms with E-state index < -0.39 is 19.7 Å². The van der Waals surface area contributed by atoms with E-state index in [2.05, 4.69) is 5.32 Å². The van der Waals surface area contributed by atoms with E-state index >= 15 is 0 Å². The van der Waals surface area contributed by atoms with Gasteiger partial charge in [0.1, 0.15) is 14.0 Å². The van der Waals surface area contributed by atoms with Crippen LogP contribution in [0.15, 0.2) is 0 Å². The molecule has 2 radical (unpaired) electrons. The molecule has 8 heteroatoms. The number of hydrogen-bond donors (Lipinski definition) is 2. The van der Waals surface area contributed by atoms with E-state index in [0.717, 1.165) is 0 Å². The topological polar surface area (TPSA) is 77.0 Å². The molecular formula is C9H19BNO5P. The molecule has 1 aliphatic rings. The first-order valence-corrected chi connectivity index (χ1v) is 7.29. The van der Waals surface area contributed by atoms with E-state index in [1.807, 2.05) is 0 Å². The molecule has 1 fully saturated rings. The van der Waals surface area contributed by atoms with Gasteiger partial charge in [-0.25, -0.2) is 0 Å². The van der Waals surface area contributed by atoms with Crippen LogP contribution in [0.4, 0.5) is 0 Å². The molecule has 0 amide bonds. The lowest BCUT2D eigenvalue weighted by Crippen LogP contribution is -2.28. The molecule has 6 nitrogen and oxygen atoms in total. The van der Waals surface area contributed by atoms with Crippen molar-refractivity contribution in [2.45, 2.75) is 24.6 Å². The summed E-state index contributed by atoms with van der Waals surface area (Å²) in [5.41, 5.74) is 0. The van der Waals surface area contributed by atoms with Gasteiger partial charge in [0.15, 0.2) is 0 Å². The summed E-state index contributed by atoms with van der Waals surface area (Å²) in [5.74, 6) is 0. The van der Waals surface area contributed by atoms with Crippen LogP contribution >= 0.6 is 7.60 Å². The fraction of sp³-hybridized carbons (Fsp3) is 1.00. The van der Waals surface area contributed by atoms with Crippen LogP contribution in [-0.2, 0) is 18.6 Å². The van der Waals surface area contributed by atoms with Gasteiger partial charge in [0.2, 0.25) is 0 Å². The minimum atomic E-state index is -3.60. The monoisotopic (exact) mass is 263 g/mol. The third-order valence-corrected chi connectivity index (χ3v) is 3.89. The van der Waals surface area contributed by atoms with Crippen LogP contribution in [0.5, 0.6) is 0 Å². The third kappa shape index (κ3) is 5.08. The standard InChI is InChI=1S/C9H19BNO5P/c1-11-3-4-17(12,13)16-7-5-9(10)15-8(7)6-14-2/h7-9,11H,3-6H2,1-2H3,(H,12,13).